The Morgan fingerprint density at radius 2 is 2.00 bits per heavy atom. The van der Waals surface area contributed by atoms with E-state index in [2.05, 4.69) is 15.1 Å². The second-order valence-corrected chi connectivity index (χ2v) is 7.79. The summed E-state index contributed by atoms with van der Waals surface area (Å²) in [5.74, 6) is 1.67. The maximum atomic E-state index is 12.7. The van der Waals surface area contributed by atoms with Gasteiger partial charge in [-0.2, -0.15) is 4.98 Å². The van der Waals surface area contributed by atoms with E-state index in [-0.39, 0.29) is 11.8 Å². The molecule has 0 bridgehead atoms. The Kier molecular flexibility index (Phi) is 4.82. The number of aryl methyl sites for hydroxylation is 2. The van der Waals surface area contributed by atoms with Gasteiger partial charge >= 0.3 is 0 Å². The van der Waals surface area contributed by atoms with E-state index >= 15 is 0 Å². The standard InChI is InChI=1S/C22H24N6O2/c1-26-11-4-7-19(26)21-24-22(30-25-21)16-8-12-27(13-9-16)20(29)10-14-28-15-23-17-5-2-3-6-18(17)28/h2-7,11,15-16H,8-10,12-14H2,1H3. The molecule has 1 amide bonds. The van der Waals surface area contributed by atoms with Crippen molar-refractivity contribution in [1.82, 2.24) is 29.2 Å². The van der Waals surface area contributed by atoms with E-state index in [4.69, 9.17) is 4.52 Å². The first-order valence-electron chi connectivity index (χ1n) is 10.3. The van der Waals surface area contributed by atoms with Crippen LogP contribution < -0.4 is 0 Å². The molecule has 1 aliphatic rings. The van der Waals surface area contributed by atoms with Crippen molar-refractivity contribution >= 4 is 16.9 Å². The molecular weight excluding hydrogens is 380 g/mol. The highest BCUT2D eigenvalue weighted by atomic mass is 16.5. The smallest absolute Gasteiger partial charge is 0.230 e. The molecule has 0 unspecified atom stereocenters. The molecular formula is C22H24N6O2. The molecule has 1 saturated heterocycles. The molecule has 4 aromatic rings. The number of amides is 1. The quantitative estimate of drug-likeness (QED) is 0.510. The normalized spacial score (nSPS) is 15.2. The van der Waals surface area contributed by atoms with Crippen molar-refractivity contribution in [3.63, 3.8) is 0 Å². The van der Waals surface area contributed by atoms with Gasteiger partial charge in [-0.15, -0.1) is 0 Å². The van der Waals surface area contributed by atoms with Crippen molar-refractivity contribution in [3.05, 3.63) is 54.8 Å². The number of fused-ring (bicyclic) bond motifs is 1. The van der Waals surface area contributed by atoms with Crippen LogP contribution in [0.3, 0.4) is 0 Å². The van der Waals surface area contributed by atoms with Crippen molar-refractivity contribution in [3.8, 4) is 11.5 Å². The molecule has 8 nitrogen and oxygen atoms in total. The molecule has 1 fully saturated rings. The van der Waals surface area contributed by atoms with Crippen LogP contribution in [-0.4, -0.2) is 48.2 Å². The van der Waals surface area contributed by atoms with Gasteiger partial charge in [0, 0.05) is 45.2 Å². The number of hydrogen-bond acceptors (Lipinski definition) is 5. The molecule has 3 aromatic heterocycles. The summed E-state index contributed by atoms with van der Waals surface area (Å²) in [6.07, 6.45) is 5.93. The first-order chi connectivity index (χ1) is 14.7. The molecule has 1 aliphatic heterocycles. The summed E-state index contributed by atoms with van der Waals surface area (Å²) in [7, 11) is 1.96. The lowest BCUT2D eigenvalue weighted by atomic mass is 9.96. The van der Waals surface area contributed by atoms with Gasteiger partial charge in [0.1, 0.15) is 0 Å². The number of benzene rings is 1. The minimum absolute atomic E-state index is 0.182. The van der Waals surface area contributed by atoms with Crippen LogP contribution in [0.15, 0.2) is 53.4 Å². The van der Waals surface area contributed by atoms with Gasteiger partial charge in [-0.05, 0) is 37.1 Å². The summed E-state index contributed by atoms with van der Waals surface area (Å²) in [5, 5.41) is 4.14. The lowest BCUT2D eigenvalue weighted by Gasteiger charge is -2.30. The third-order valence-electron chi connectivity index (χ3n) is 5.91. The average Bonchev–Trinajstić information content (AvgIpc) is 3.51. The molecule has 8 heteroatoms. The average molecular weight is 404 g/mol. The molecule has 0 atom stereocenters. The van der Waals surface area contributed by atoms with Crippen LogP contribution in [0.5, 0.6) is 0 Å². The highest BCUT2D eigenvalue weighted by molar-refractivity contribution is 5.77. The van der Waals surface area contributed by atoms with E-state index in [1.165, 1.54) is 0 Å². The second kappa shape index (κ2) is 7.78. The van der Waals surface area contributed by atoms with Crippen molar-refractivity contribution in [1.29, 1.82) is 0 Å². The molecule has 4 heterocycles. The van der Waals surface area contributed by atoms with Gasteiger partial charge in [-0.3, -0.25) is 4.79 Å². The molecule has 5 rings (SSSR count). The number of para-hydroxylation sites is 2. The Hall–Kier alpha value is -3.42. The molecule has 154 valence electrons. The largest absolute Gasteiger partial charge is 0.348 e. The van der Waals surface area contributed by atoms with Crippen molar-refractivity contribution < 1.29 is 9.32 Å². The number of hydrogen-bond donors (Lipinski definition) is 0. The lowest BCUT2D eigenvalue weighted by Crippen LogP contribution is -2.38. The van der Waals surface area contributed by atoms with Crippen LogP contribution in [-0.2, 0) is 18.4 Å². The fraction of sp³-hybridized carbons (Fsp3) is 0.364. The van der Waals surface area contributed by atoms with Crippen LogP contribution in [0.4, 0.5) is 0 Å². The Morgan fingerprint density at radius 3 is 2.80 bits per heavy atom. The van der Waals surface area contributed by atoms with Crippen LogP contribution in [0.25, 0.3) is 22.6 Å². The lowest BCUT2D eigenvalue weighted by molar-refractivity contribution is -0.132. The number of aromatic nitrogens is 5. The zero-order chi connectivity index (χ0) is 20.5. The minimum atomic E-state index is 0.182. The van der Waals surface area contributed by atoms with Crippen LogP contribution in [0.1, 0.15) is 31.1 Å². The minimum Gasteiger partial charge on any atom is -0.348 e. The number of imidazole rings is 1. The highest BCUT2D eigenvalue weighted by Crippen LogP contribution is 2.29. The summed E-state index contributed by atoms with van der Waals surface area (Å²) < 4.78 is 9.54. The topological polar surface area (TPSA) is 82.0 Å². The van der Waals surface area contributed by atoms with Gasteiger partial charge in [0.25, 0.3) is 0 Å². The van der Waals surface area contributed by atoms with E-state index in [9.17, 15) is 4.79 Å². The molecule has 0 N–H and O–H groups in total. The van der Waals surface area contributed by atoms with E-state index in [1.807, 2.05) is 70.0 Å². The summed E-state index contributed by atoms with van der Waals surface area (Å²) in [6, 6.07) is 11.9. The summed E-state index contributed by atoms with van der Waals surface area (Å²) >= 11 is 0. The fourth-order valence-corrected chi connectivity index (χ4v) is 4.14. The number of rotatable bonds is 5. The number of piperidine rings is 1. The Morgan fingerprint density at radius 1 is 1.17 bits per heavy atom. The molecule has 0 radical (unpaired) electrons. The predicted octanol–water partition coefficient (Wildman–Crippen LogP) is 3.22. The third kappa shape index (κ3) is 3.49. The monoisotopic (exact) mass is 404 g/mol. The van der Waals surface area contributed by atoms with Gasteiger partial charge in [-0.25, -0.2) is 4.98 Å². The molecule has 0 saturated carbocycles. The Labute approximate surface area is 174 Å². The van der Waals surface area contributed by atoms with E-state index < -0.39 is 0 Å². The molecule has 1 aromatic carbocycles. The van der Waals surface area contributed by atoms with Gasteiger partial charge in [0.2, 0.25) is 17.6 Å². The Balaban J connectivity index is 1.16. The maximum absolute atomic E-state index is 12.7. The SMILES string of the molecule is Cn1cccc1-c1noc(C2CCN(C(=O)CCn3cnc4ccccc43)CC2)n1. The molecule has 0 aliphatic carbocycles. The van der Waals surface area contributed by atoms with Crippen LogP contribution >= 0.6 is 0 Å². The van der Waals surface area contributed by atoms with Crippen molar-refractivity contribution in [2.75, 3.05) is 13.1 Å². The van der Waals surface area contributed by atoms with Crippen LogP contribution in [0, 0.1) is 0 Å². The fourth-order valence-electron chi connectivity index (χ4n) is 4.14. The third-order valence-corrected chi connectivity index (χ3v) is 5.91. The zero-order valence-electron chi connectivity index (χ0n) is 16.9. The number of nitrogens with zero attached hydrogens (tertiary/aromatic N) is 6. The zero-order valence-corrected chi connectivity index (χ0v) is 16.9. The van der Waals surface area contributed by atoms with Gasteiger partial charge in [0.05, 0.1) is 23.1 Å². The summed E-state index contributed by atoms with van der Waals surface area (Å²) in [4.78, 5) is 23.6. The summed E-state index contributed by atoms with van der Waals surface area (Å²) in [5.41, 5.74) is 2.96. The first-order valence-corrected chi connectivity index (χ1v) is 10.3. The molecule has 0 spiro atoms. The number of carbonyl (C=O) groups excluding carboxylic acids is 1. The first kappa shape index (κ1) is 18.6. The highest BCUT2D eigenvalue weighted by Gasteiger charge is 2.27. The van der Waals surface area contributed by atoms with E-state index in [0.717, 1.165) is 42.7 Å². The van der Waals surface area contributed by atoms with Gasteiger partial charge in [-0.1, -0.05) is 17.3 Å². The van der Waals surface area contributed by atoms with E-state index in [0.29, 0.717) is 24.7 Å². The predicted molar refractivity (Wildman–Crippen MR) is 112 cm³/mol. The van der Waals surface area contributed by atoms with Crippen LogP contribution in [0.2, 0.25) is 0 Å². The maximum Gasteiger partial charge on any atom is 0.230 e. The summed E-state index contributed by atoms with van der Waals surface area (Å²) in [6.45, 7) is 2.08. The van der Waals surface area contributed by atoms with Gasteiger partial charge in [0.15, 0.2) is 0 Å². The van der Waals surface area contributed by atoms with Crippen molar-refractivity contribution in [2.24, 2.45) is 7.05 Å². The number of likely N-dealkylation sites (tertiary alicyclic amines) is 1. The van der Waals surface area contributed by atoms with E-state index in [1.54, 1.807) is 0 Å². The second-order valence-electron chi connectivity index (χ2n) is 7.79. The van der Waals surface area contributed by atoms with Gasteiger partial charge < -0.3 is 18.6 Å². The Bertz CT molecular complexity index is 1170. The molecule has 30 heavy (non-hydrogen) atoms. The number of carbonyl (C=O) groups is 1. The van der Waals surface area contributed by atoms with Crippen molar-refractivity contribution in [2.45, 2.75) is 31.7 Å².